The summed E-state index contributed by atoms with van der Waals surface area (Å²) in [5.74, 6) is -0.518. The fraction of sp³-hybridized carbons (Fsp3) is 0.273. The number of nitrogens with zero attached hydrogens (tertiary/aromatic N) is 1. The van der Waals surface area contributed by atoms with Crippen molar-refractivity contribution in [2.75, 3.05) is 11.9 Å². The number of anilines is 1. The average Bonchev–Trinajstić information content (AvgIpc) is 2.25. The molecule has 0 saturated heterocycles. The summed E-state index contributed by atoms with van der Waals surface area (Å²) in [6.45, 7) is 0.840. The molecule has 1 aromatic carbocycles. The number of halogens is 3. The summed E-state index contributed by atoms with van der Waals surface area (Å²) >= 11 is 0. The molecule has 4 nitrogen and oxygen atoms in total. The van der Waals surface area contributed by atoms with E-state index in [1.165, 1.54) is 0 Å². The Bertz CT molecular complexity index is 492. The highest BCUT2D eigenvalue weighted by molar-refractivity contribution is 5.90. The second kappa shape index (κ2) is 5.40. The van der Waals surface area contributed by atoms with Crippen LogP contribution in [0.15, 0.2) is 18.2 Å². The van der Waals surface area contributed by atoms with Crippen LogP contribution in [0.5, 0.6) is 5.75 Å². The molecule has 0 aliphatic heterocycles. The number of nitrogens with one attached hydrogen (secondary N) is 1. The van der Waals surface area contributed by atoms with Crippen molar-refractivity contribution in [3.8, 4) is 11.8 Å². The van der Waals surface area contributed by atoms with Gasteiger partial charge in [-0.2, -0.15) is 18.4 Å². The number of hydrogen-bond donors (Lipinski definition) is 1. The molecule has 0 radical (unpaired) electrons. The predicted octanol–water partition coefficient (Wildman–Crippen LogP) is 2.57. The van der Waals surface area contributed by atoms with Gasteiger partial charge in [-0.3, -0.25) is 4.79 Å². The first-order valence-electron chi connectivity index (χ1n) is 4.83. The quantitative estimate of drug-likeness (QED) is 0.906. The molecule has 0 spiro atoms. The molecular weight excluding hydrogens is 249 g/mol. The molecule has 1 amide bonds. The van der Waals surface area contributed by atoms with Crippen molar-refractivity contribution in [3.05, 3.63) is 23.8 Å². The van der Waals surface area contributed by atoms with E-state index in [9.17, 15) is 18.0 Å². The molecule has 0 bridgehead atoms. The van der Waals surface area contributed by atoms with Gasteiger partial charge in [0.1, 0.15) is 11.8 Å². The van der Waals surface area contributed by atoms with Crippen LogP contribution in [0.3, 0.4) is 0 Å². The van der Waals surface area contributed by atoms with Gasteiger partial charge in [-0.1, -0.05) is 0 Å². The molecule has 0 unspecified atom stereocenters. The lowest BCUT2D eigenvalue weighted by atomic mass is 10.1. The SMILES string of the molecule is CC(=O)Nc1cc(C(F)(F)F)ccc1OCC#N. The molecule has 0 heterocycles. The van der Waals surface area contributed by atoms with E-state index in [0.29, 0.717) is 0 Å². The van der Waals surface area contributed by atoms with Crippen molar-refractivity contribution < 1.29 is 22.7 Å². The molecule has 18 heavy (non-hydrogen) atoms. The summed E-state index contributed by atoms with van der Waals surface area (Å²) in [5, 5.41) is 10.6. The fourth-order valence-corrected chi connectivity index (χ4v) is 1.23. The zero-order valence-corrected chi connectivity index (χ0v) is 9.34. The van der Waals surface area contributed by atoms with E-state index in [1.54, 1.807) is 6.07 Å². The molecular formula is C11H9F3N2O2. The van der Waals surface area contributed by atoms with Gasteiger partial charge in [0, 0.05) is 6.92 Å². The van der Waals surface area contributed by atoms with Gasteiger partial charge in [-0.05, 0) is 18.2 Å². The third-order valence-corrected chi connectivity index (χ3v) is 1.91. The number of carbonyl (C=O) groups excluding carboxylic acids is 1. The van der Waals surface area contributed by atoms with Gasteiger partial charge in [0.2, 0.25) is 5.91 Å². The Labute approximate surface area is 101 Å². The Morgan fingerprint density at radius 3 is 2.67 bits per heavy atom. The number of ether oxygens (including phenoxy) is 1. The summed E-state index contributed by atoms with van der Waals surface area (Å²) in [7, 11) is 0. The molecule has 0 fully saturated rings. The van der Waals surface area contributed by atoms with Gasteiger partial charge in [-0.25, -0.2) is 0 Å². The highest BCUT2D eigenvalue weighted by atomic mass is 19.4. The Hall–Kier alpha value is -2.23. The maximum absolute atomic E-state index is 12.5. The van der Waals surface area contributed by atoms with Gasteiger partial charge in [0.05, 0.1) is 11.3 Å². The Kier molecular flexibility index (Phi) is 4.15. The van der Waals surface area contributed by atoms with Crippen LogP contribution < -0.4 is 10.1 Å². The number of alkyl halides is 3. The van der Waals surface area contributed by atoms with Crippen molar-refractivity contribution in [1.82, 2.24) is 0 Å². The minimum atomic E-state index is -4.51. The second-order valence-corrected chi connectivity index (χ2v) is 3.34. The number of hydrogen-bond acceptors (Lipinski definition) is 3. The minimum Gasteiger partial charge on any atom is -0.477 e. The fourth-order valence-electron chi connectivity index (χ4n) is 1.23. The van der Waals surface area contributed by atoms with E-state index < -0.39 is 17.6 Å². The zero-order chi connectivity index (χ0) is 13.8. The van der Waals surface area contributed by atoms with E-state index >= 15 is 0 Å². The Morgan fingerprint density at radius 1 is 1.50 bits per heavy atom. The third-order valence-electron chi connectivity index (χ3n) is 1.91. The molecule has 0 atom stereocenters. The summed E-state index contributed by atoms with van der Waals surface area (Å²) in [4.78, 5) is 10.9. The van der Waals surface area contributed by atoms with E-state index in [-0.39, 0.29) is 18.0 Å². The van der Waals surface area contributed by atoms with Crippen molar-refractivity contribution in [1.29, 1.82) is 5.26 Å². The second-order valence-electron chi connectivity index (χ2n) is 3.34. The van der Waals surface area contributed by atoms with Gasteiger partial charge >= 0.3 is 6.18 Å². The van der Waals surface area contributed by atoms with E-state index in [4.69, 9.17) is 10.00 Å². The standard InChI is InChI=1S/C11H9F3N2O2/c1-7(17)16-9-6-8(11(12,13)14)2-3-10(9)18-5-4-15/h2-3,6H,5H2,1H3,(H,16,17). The molecule has 0 aromatic heterocycles. The van der Waals surface area contributed by atoms with Crippen LogP contribution in [-0.2, 0) is 11.0 Å². The molecule has 0 aliphatic carbocycles. The number of amides is 1. The first kappa shape index (κ1) is 13.8. The van der Waals surface area contributed by atoms with Gasteiger partial charge < -0.3 is 10.1 Å². The lowest BCUT2D eigenvalue weighted by Crippen LogP contribution is -2.11. The topological polar surface area (TPSA) is 62.1 Å². The molecule has 96 valence electrons. The summed E-state index contributed by atoms with van der Waals surface area (Å²) in [5.41, 5.74) is -1.02. The van der Waals surface area contributed by atoms with Gasteiger partial charge in [0.15, 0.2) is 6.61 Å². The van der Waals surface area contributed by atoms with Gasteiger partial charge in [-0.15, -0.1) is 0 Å². The highest BCUT2D eigenvalue weighted by Crippen LogP contribution is 2.34. The maximum Gasteiger partial charge on any atom is 0.416 e. The largest absolute Gasteiger partial charge is 0.477 e. The van der Waals surface area contributed by atoms with Gasteiger partial charge in [0.25, 0.3) is 0 Å². The lowest BCUT2D eigenvalue weighted by molar-refractivity contribution is -0.137. The summed E-state index contributed by atoms with van der Waals surface area (Å²) < 4.78 is 42.4. The predicted molar refractivity (Wildman–Crippen MR) is 56.9 cm³/mol. The molecule has 0 aliphatic rings. The lowest BCUT2D eigenvalue weighted by Gasteiger charge is -2.13. The summed E-state index contributed by atoms with van der Waals surface area (Å²) in [6, 6.07) is 4.32. The molecule has 1 aromatic rings. The number of nitriles is 1. The van der Waals surface area contributed by atoms with Crippen molar-refractivity contribution in [3.63, 3.8) is 0 Å². The van der Waals surface area contributed by atoms with Crippen LogP contribution in [0.25, 0.3) is 0 Å². The van der Waals surface area contributed by atoms with Crippen molar-refractivity contribution >= 4 is 11.6 Å². The van der Waals surface area contributed by atoms with E-state index in [1.807, 2.05) is 0 Å². The van der Waals surface area contributed by atoms with Crippen LogP contribution in [0.1, 0.15) is 12.5 Å². The Morgan fingerprint density at radius 2 is 2.17 bits per heavy atom. The van der Waals surface area contributed by atoms with E-state index in [0.717, 1.165) is 25.1 Å². The molecule has 1 N–H and O–H groups in total. The smallest absolute Gasteiger partial charge is 0.416 e. The van der Waals surface area contributed by atoms with Crippen LogP contribution in [0.2, 0.25) is 0 Å². The Balaban J connectivity index is 3.12. The monoisotopic (exact) mass is 258 g/mol. The molecule has 1 rings (SSSR count). The first-order valence-corrected chi connectivity index (χ1v) is 4.83. The summed E-state index contributed by atoms with van der Waals surface area (Å²) in [6.07, 6.45) is -4.51. The number of benzene rings is 1. The first-order chi connectivity index (χ1) is 8.34. The van der Waals surface area contributed by atoms with Crippen LogP contribution in [0.4, 0.5) is 18.9 Å². The molecule has 7 heteroatoms. The van der Waals surface area contributed by atoms with Crippen LogP contribution >= 0.6 is 0 Å². The molecule has 0 saturated carbocycles. The van der Waals surface area contributed by atoms with E-state index in [2.05, 4.69) is 5.32 Å². The average molecular weight is 258 g/mol. The zero-order valence-electron chi connectivity index (χ0n) is 9.34. The maximum atomic E-state index is 12.5. The van der Waals surface area contributed by atoms with Crippen molar-refractivity contribution in [2.45, 2.75) is 13.1 Å². The van der Waals surface area contributed by atoms with Crippen LogP contribution in [-0.4, -0.2) is 12.5 Å². The third kappa shape index (κ3) is 3.66. The van der Waals surface area contributed by atoms with Crippen LogP contribution in [0, 0.1) is 11.3 Å². The number of rotatable bonds is 3. The number of carbonyl (C=O) groups is 1. The van der Waals surface area contributed by atoms with Crippen molar-refractivity contribution in [2.24, 2.45) is 0 Å². The minimum absolute atomic E-state index is 0.0137. The normalized spacial score (nSPS) is 10.6. The highest BCUT2D eigenvalue weighted by Gasteiger charge is 2.31.